The van der Waals surface area contributed by atoms with Crippen LogP contribution in [0.4, 0.5) is 5.95 Å². The first kappa shape index (κ1) is 20.7. The Hall–Kier alpha value is -2.61. The van der Waals surface area contributed by atoms with Crippen LogP contribution in [-0.4, -0.2) is 27.1 Å². The van der Waals surface area contributed by atoms with Gasteiger partial charge >= 0.3 is 0 Å². The van der Waals surface area contributed by atoms with Crippen LogP contribution in [0.1, 0.15) is 24.2 Å². The number of thiazole rings is 1. The molecule has 0 aliphatic heterocycles. The van der Waals surface area contributed by atoms with Crippen molar-refractivity contribution < 1.29 is 9.53 Å². The Morgan fingerprint density at radius 3 is 2.67 bits per heavy atom. The lowest BCUT2D eigenvalue weighted by Gasteiger charge is -2.09. The van der Waals surface area contributed by atoms with Crippen molar-refractivity contribution in [2.45, 2.75) is 13.8 Å². The minimum Gasteiger partial charge on any atom is -0.493 e. The van der Waals surface area contributed by atoms with Crippen molar-refractivity contribution in [3.05, 3.63) is 63.5 Å². The molecule has 1 N–H and O–H groups in total. The molecule has 2 aromatic heterocycles. The van der Waals surface area contributed by atoms with Crippen LogP contribution < -0.4 is 10.1 Å². The van der Waals surface area contributed by atoms with Gasteiger partial charge in [0.2, 0.25) is 4.96 Å². The fourth-order valence-corrected chi connectivity index (χ4v) is 4.08. The van der Waals surface area contributed by atoms with E-state index in [4.69, 9.17) is 27.9 Å². The molecule has 6 nitrogen and oxygen atoms in total. The van der Waals surface area contributed by atoms with Crippen molar-refractivity contribution in [2.24, 2.45) is 5.92 Å². The zero-order valence-electron chi connectivity index (χ0n) is 16.2. The van der Waals surface area contributed by atoms with E-state index in [9.17, 15) is 4.79 Å². The Kier molecular flexibility index (Phi) is 5.94. The van der Waals surface area contributed by atoms with Gasteiger partial charge in [0.25, 0.3) is 11.9 Å². The van der Waals surface area contributed by atoms with E-state index in [0.29, 0.717) is 33.1 Å². The molecule has 30 heavy (non-hydrogen) atoms. The molecule has 4 rings (SSSR count). The lowest BCUT2D eigenvalue weighted by atomic mass is 10.2. The first-order valence-electron chi connectivity index (χ1n) is 9.24. The number of hydrogen-bond donors (Lipinski definition) is 1. The third-order valence-electron chi connectivity index (χ3n) is 4.21. The Morgan fingerprint density at radius 2 is 1.97 bits per heavy atom. The summed E-state index contributed by atoms with van der Waals surface area (Å²) < 4.78 is 7.30. The second-order valence-electron chi connectivity index (χ2n) is 7.06. The van der Waals surface area contributed by atoms with E-state index >= 15 is 0 Å². The second-order valence-corrected chi connectivity index (χ2v) is 8.74. The number of anilines is 1. The number of carbonyl (C=O) groups excluding carboxylic acids is 1. The number of rotatable bonds is 6. The highest BCUT2D eigenvalue weighted by atomic mass is 35.5. The van der Waals surface area contributed by atoms with Crippen molar-refractivity contribution in [1.82, 2.24) is 14.6 Å². The number of halogens is 2. The van der Waals surface area contributed by atoms with Gasteiger partial charge < -0.3 is 4.74 Å². The van der Waals surface area contributed by atoms with Gasteiger partial charge in [-0.25, -0.2) is 4.52 Å². The lowest BCUT2D eigenvalue weighted by Crippen LogP contribution is -2.13. The molecule has 2 aromatic carbocycles. The van der Waals surface area contributed by atoms with Crippen LogP contribution in [0.15, 0.2) is 47.8 Å². The first-order valence-corrected chi connectivity index (χ1v) is 10.9. The van der Waals surface area contributed by atoms with E-state index in [1.807, 2.05) is 11.4 Å². The van der Waals surface area contributed by atoms with Gasteiger partial charge in [0.15, 0.2) is 0 Å². The molecule has 154 valence electrons. The molecule has 4 aromatic rings. The normalized spacial score (nSPS) is 11.2. The number of nitrogens with zero attached hydrogens (tertiary/aromatic N) is 3. The van der Waals surface area contributed by atoms with Gasteiger partial charge in [-0.05, 0) is 48.4 Å². The van der Waals surface area contributed by atoms with E-state index in [1.54, 1.807) is 40.9 Å². The SMILES string of the molecule is CC(C)COc1ccc(C(=O)Nc2nc3scc(-c4ccc(Cl)cc4Cl)n3n2)cc1. The highest BCUT2D eigenvalue weighted by Gasteiger charge is 2.16. The van der Waals surface area contributed by atoms with Crippen LogP contribution >= 0.6 is 34.5 Å². The fourth-order valence-electron chi connectivity index (χ4n) is 2.76. The summed E-state index contributed by atoms with van der Waals surface area (Å²) in [6, 6.07) is 12.2. The van der Waals surface area contributed by atoms with Gasteiger partial charge in [0, 0.05) is 21.5 Å². The average molecular weight is 461 g/mol. The number of aromatic nitrogens is 3. The maximum atomic E-state index is 12.6. The van der Waals surface area contributed by atoms with E-state index in [2.05, 4.69) is 29.2 Å². The van der Waals surface area contributed by atoms with Crippen LogP contribution in [0.25, 0.3) is 16.2 Å². The van der Waals surface area contributed by atoms with E-state index < -0.39 is 0 Å². The minimum absolute atomic E-state index is 0.221. The van der Waals surface area contributed by atoms with Crippen LogP contribution in [0.3, 0.4) is 0 Å². The summed E-state index contributed by atoms with van der Waals surface area (Å²) in [7, 11) is 0. The molecule has 2 heterocycles. The van der Waals surface area contributed by atoms with Crippen molar-refractivity contribution in [1.29, 1.82) is 0 Å². The molecule has 0 spiro atoms. The van der Waals surface area contributed by atoms with Crippen molar-refractivity contribution >= 4 is 51.4 Å². The molecule has 0 saturated carbocycles. The monoisotopic (exact) mass is 460 g/mol. The predicted molar refractivity (Wildman–Crippen MR) is 121 cm³/mol. The van der Waals surface area contributed by atoms with Crippen molar-refractivity contribution in [3.63, 3.8) is 0 Å². The Bertz CT molecular complexity index is 1200. The topological polar surface area (TPSA) is 68.5 Å². The van der Waals surface area contributed by atoms with E-state index in [0.717, 1.165) is 17.0 Å². The average Bonchev–Trinajstić information content (AvgIpc) is 3.27. The van der Waals surface area contributed by atoms with Gasteiger partial charge in [-0.3, -0.25) is 10.1 Å². The van der Waals surface area contributed by atoms with E-state index in [1.165, 1.54) is 11.3 Å². The summed E-state index contributed by atoms with van der Waals surface area (Å²) in [5.41, 5.74) is 2.05. The molecule has 0 fully saturated rings. The molecule has 0 radical (unpaired) electrons. The van der Waals surface area contributed by atoms with Crippen molar-refractivity contribution in [3.8, 4) is 17.0 Å². The van der Waals surface area contributed by atoms with Gasteiger partial charge in [-0.1, -0.05) is 37.0 Å². The third-order valence-corrected chi connectivity index (χ3v) is 5.58. The number of ether oxygens (including phenoxy) is 1. The molecular formula is C21H18Cl2N4O2S. The van der Waals surface area contributed by atoms with Gasteiger partial charge in [-0.15, -0.1) is 16.4 Å². The summed E-state index contributed by atoms with van der Waals surface area (Å²) in [4.78, 5) is 17.6. The molecule has 0 unspecified atom stereocenters. The highest BCUT2D eigenvalue weighted by molar-refractivity contribution is 7.15. The fraction of sp³-hybridized carbons (Fsp3) is 0.190. The number of nitrogens with one attached hydrogen (secondary N) is 1. The van der Waals surface area contributed by atoms with Gasteiger partial charge in [-0.2, -0.15) is 4.98 Å². The predicted octanol–water partition coefficient (Wildman–Crippen LogP) is 6.05. The number of fused-ring (bicyclic) bond motifs is 1. The quantitative estimate of drug-likeness (QED) is 0.380. The Labute approximate surface area is 187 Å². The van der Waals surface area contributed by atoms with Crippen LogP contribution in [-0.2, 0) is 0 Å². The number of hydrogen-bond acceptors (Lipinski definition) is 5. The lowest BCUT2D eigenvalue weighted by molar-refractivity contribution is 0.102. The zero-order chi connectivity index (χ0) is 21.3. The van der Waals surface area contributed by atoms with Crippen LogP contribution in [0, 0.1) is 5.92 Å². The zero-order valence-corrected chi connectivity index (χ0v) is 18.6. The second kappa shape index (κ2) is 8.63. The first-order chi connectivity index (χ1) is 14.4. The van der Waals surface area contributed by atoms with Gasteiger partial charge in [0.05, 0.1) is 17.3 Å². The Balaban J connectivity index is 1.52. The largest absolute Gasteiger partial charge is 0.493 e. The summed E-state index contributed by atoms with van der Waals surface area (Å²) in [6.07, 6.45) is 0. The number of carbonyl (C=O) groups is 1. The molecule has 9 heteroatoms. The molecule has 1 amide bonds. The van der Waals surface area contributed by atoms with Crippen molar-refractivity contribution in [2.75, 3.05) is 11.9 Å². The summed E-state index contributed by atoms with van der Waals surface area (Å²) >= 11 is 13.7. The molecule has 0 saturated heterocycles. The minimum atomic E-state index is -0.297. The third kappa shape index (κ3) is 4.43. The number of amides is 1. The molecule has 0 bridgehead atoms. The smallest absolute Gasteiger partial charge is 0.258 e. The van der Waals surface area contributed by atoms with E-state index in [-0.39, 0.29) is 11.9 Å². The maximum absolute atomic E-state index is 12.6. The number of benzene rings is 2. The summed E-state index contributed by atoms with van der Waals surface area (Å²) in [5, 5.41) is 10.1. The summed E-state index contributed by atoms with van der Waals surface area (Å²) in [5.74, 6) is 1.08. The standard InChI is InChI=1S/C21H18Cl2N4O2S/c1-12(2)10-29-15-6-3-13(4-7-15)19(28)24-20-25-21-27(26-20)18(11-30-21)16-8-5-14(22)9-17(16)23/h3-9,11-12H,10H2,1-2H3,(H,24,26,28). The molecule has 0 aliphatic rings. The molecule has 0 aliphatic carbocycles. The molecular weight excluding hydrogens is 443 g/mol. The summed E-state index contributed by atoms with van der Waals surface area (Å²) in [6.45, 7) is 4.79. The Morgan fingerprint density at radius 1 is 1.20 bits per heavy atom. The molecule has 0 atom stereocenters. The van der Waals surface area contributed by atoms with Gasteiger partial charge in [0.1, 0.15) is 5.75 Å². The van der Waals surface area contributed by atoms with Crippen LogP contribution in [0.5, 0.6) is 5.75 Å². The highest BCUT2D eigenvalue weighted by Crippen LogP contribution is 2.33. The van der Waals surface area contributed by atoms with Crippen LogP contribution in [0.2, 0.25) is 10.0 Å². The maximum Gasteiger partial charge on any atom is 0.258 e.